The Morgan fingerprint density at radius 1 is 1.00 bits per heavy atom. The molecule has 1 saturated heterocycles. The highest BCUT2D eigenvalue weighted by atomic mass is 16.3. The molecular formula is C11H23N3O. The average Bonchev–Trinajstić information content (AvgIpc) is 2.25. The summed E-state index contributed by atoms with van der Waals surface area (Å²) < 4.78 is 0. The van der Waals surface area contributed by atoms with Gasteiger partial charge in [0.2, 0.25) is 0 Å². The van der Waals surface area contributed by atoms with Gasteiger partial charge >= 0.3 is 0 Å². The molecule has 15 heavy (non-hydrogen) atoms. The fraction of sp³-hybridized carbons (Fsp3) is 1.00. The SMILES string of the molecule is CN1CCN(NC2CCC(O)CC2)CC1. The maximum Gasteiger partial charge on any atom is 0.0541 e. The zero-order valence-electron chi connectivity index (χ0n) is 9.65. The molecule has 2 N–H and O–H groups in total. The van der Waals surface area contributed by atoms with Gasteiger partial charge in [-0.15, -0.1) is 0 Å². The van der Waals surface area contributed by atoms with Gasteiger partial charge < -0.3 is 10.0 Å². The largest absolute Gasteiger partial charge is 0.393 e. The summed E-state index contributed by atoms with van der Waals surface area (Å²) in [5.41, 5.74) is 3.59. The number of rotatable bonds is 2. The monoisotopic (exact) mass is 213 g/mol. The van der Waals surface area contributed by atoms with E-state index in [1.54, 1.807) is 0 Å². The Bertz CT molecular complexity index is 164. The predicted molar refractivity (Wildman–Crippen MR) is 60.5 cm³/mol. The van der Waals surface area contributed by atoms with Gasteiger partial charge in [0.25, 0.3) is 0 Å². The Labute approximate surface area is 92.2 Å². The first-order chi connectivity index (χ1) is 7.24. The van der Waals surface area contributed by atoms with E-state index < -0.39 is 0 Å². The van der Waals surface area contributed by atoms with Gasteiger partial charge in [0.1, 0.15) is 0 Å². The van der Waals surface area contributed by atoms with Crippen molar-refractivity contribution in [2.45, 2.75) is 37.8 Å². The Kier molecular flexibility index (Phi) is 3.97. The maximum absolute atomic E-state index is 9.42. The van der Waals surface area contributed by atoms with Crippen LogP contribution >= 0.6 is 0 Å². The topological polar surface area (TPSA) is 38.7 Å². The van der Waals surface area contributed by atoms with Crippen LogP contribution in [0.2, 0.25) is 0 Å². The normalized spacial score (nSPS) is 35.6. The summed E-state index contributed by atoms with van der Waals surface area (Å²) in [6.07, 6.45) is 4.12. The minimum absolute atomic E-state index is 0.0458. The molecule has 1 aliphatic heterocycles. The molecule has 1 heterocycles. The van der Waals surface area contributed by atoms with Crippen LogP contribution in [0.15, 0.2) is 0 Å². The molecule has 0 unspecified atom stereocenters. The lowest BCUT2D eigenvalue weighted by Crippen LogP contribution is -2.54. The summed E-state index contributed by atoms with van der Waals surface area (Å²) in [6, 6.07) is 0.594. The molecule has 0 aromatic carbocycles. The van der Waals surface area contributed by atoms with E-state index in [0.717, 1.165) is 51.9 Å². The number of hydrogen-bond acceptors (Lipinski definition) is 4. The zero-order chi connectivity index (χ0) is 10.7. The van der Waals surface area contributed by atoms with E-state index in [0.29, 0.717) is 6.04 Å². The highest BCUT2D eigenvalue weighted by Crippen LogP contribution is 2.18. The van der Waals surface area contributed by atoms with E-state index in [9.17, 15) is 5.11 Å². The highest BCUT2D eigenvalue weighted by molar-refractivity contribution is 4.77. The molecule has 0 aromatic heterocycles. The highest BCUT2D eigenvalue weighted by Gasteiger charge is 2.22. The number of aliphatic hydroxyl groups excluding tert-OH is 1. The fourth-order valence-electron chi connectivity index (χ4n) is 2.40. The van der Waals surface area contributed by atoms with E-state index in [-0.39, 0.29) is 6.10 Å². The third-order valence-corrected chi connectivity index (χ3v) is 3.57. The van der Waals surface area contributed by atoms with Gasteiger partial charge in [-0.1, -0.05) is 0 Å². The van der Waals surface area contributed by atoms with Gasteiger partial charge in [0.05, 0.1) is 6.10 Å². The first-order valence-corrected chi connectivity index (χ1v) is 6.12. The molecule has 4 heteroatoms. The number of piperazine rings is 1. The van der Waals surface area contributed by atoms with Gasteiger partial charge in [-0.25, -0.2) is 5.01 Å². The van der Waals surface area contributed by atoms with Crippen molar-refractivity contribution in [1.29, 1.82) is 0 Å². The van der Waals surface area contributed by atoms with Crippen LogP contribution in [0.1, 0.15) is 25.7 Å². The zero-order valence-corrected chi connectivity index (χ0v) is 9.65. The van der Waals surface area contributed by atoms with E-state index in [1.807, 2.05) is 0 Å². The summed E-state index contributed by atoms with van der Waals surface area (Å²) >= 11 is 0. The summed E-state index contributed by atoms with van der Waals surface area (Å²) in [7, 11) is 2.17. The second kappa shape index (κ2) is 5.25. The molecule has 1 saturated carbocycles. The van der Waals surface area contributed by atoms with Crippen LogP contribution in [0.4, 0.5) is 0 Å². The Balaban J connectivity index is 1.68. The van der Waals surface area contributed by atoms with Crippen molar-refractivity contribution in [2.75, 3.05) is 33.2 Å². The van der Waals surface area contributed by atoms with Gasteiger partial charge in [0.15, 0.2) is 0 Å². The number of hydrogen-bond donors (Lipinski definition) is 2. The van der Waals surface area contributed by atoms with Crippen molar-refractivity contribution in [3.8, 4) is 0 Å². The predicted octanol–water partition coefficient (Wildman–Crippen LogP) is 0.0419. The Morgan fingerprint density at radius 2 is 1.60 bits per heavy atom. The van der Waals surface area contributed by atoms with Gasteiger partial charge in [0, 0.05) is 32.2 Å². The Morgan fingerprint density at radius 3 is 2.20 bits per heavy atom. The average molecular weight is 213 g/mol. The third-order valence-electron chi connectivity index (χ3n) is 3.57. The first kappa shape index (κ1) is 11.3. The molecule has 2 aliphatic rings. The molecule has 0 bridgehead atoms. The maximum atomic E-state index is 9.42. The number of nitrogens with one attached hydrogen (secondary N) is 1. The molecule has 0 spiro atoms. The van der Waals surface area contributed by atoms with Gasteiger partial charge in [-0.3, -0.25) is 5.43 Å². The minimum Gasteiger partial charge on any atom is -0.393 e. The number of nitrogens with zero attached hydrogens (tertiary/aromatic N) is 2. The smallest absolute Gasteiger partial charge is 0.0541 e. The molecule has 0 atom stereocenters. The lowest BCUT2D eigenvalue weighted by molar-refractivity contribution is 0.0554. The van der Waals surface area contributed by atoms with Crippen LogP contribution in [0.5, 0.6) is 0 Å². The van der Waals surface area contributed by atoms with Crippen molar-refractivity contribution < 1.29 is 5.11 Å². The van der Waals surface area contributed by atoms with Crippen molar-refractivity contribution in [3.63, 3.8) is 0 Å². The Hall–Kier alpha value is -0.160. The second-order valence-electron chi connectivity index (χ2n) is 4.92. The second-order valence-corrected chi connectivity index (χ2v) is 4.92. The van der Waals surface area contributed by atoms with E-state index in [2.05, 4.69) is 22.4 Å². The molecular weight excluding hydrogens is 190 g/mol. The number of hydrazine groups is 1. The van der Waals surface area contributed by atoms with Crippen LogP contribution in [0, 0.1) is 0 Å². The summed E-state index contributed by atoms with van der Waals surface area (Å²) in [5.74, 6) is 0. The molecule has 1 aliphatic carbocycles. The fourth-order valence-corrected chi connectivity index (χ4v) is 2.40. The van der Waals surface area contributed by atoms with Crippen LogP contribution in [0.25, 0.3) is 0 Å². The summed E-state index contributed by atoms with van der Waals surface area (Å²) in [5, 5.41) is 11.8. The standard InChI is InChI=1S/C11H23N3O/c1-13-6-8-14(9-7-13)12-10-2-4-11(15)5-3-10/h10-12,15H,2-9H2,1H3. The van der Waals surface area contributed by atoms with E-state index in [1.165, 1.54) is 0 Å². The lowest BCUT2D eigenvalue weighted by Gasteiger charge is -2.37. The third kappa shape index (κ3) is 3.41. The van der Waals surface area contributed by atoms with Crippen LogP contribution < -0.4 is 5.43 Å². The molecule has 2 rings (SSSR count). The quantitative estimate of drug-likeness (QED) is 0.679. The molecule has 0 amide bonds. The van der Waals surface area contributed by atoms with E-state index >= 15 is 0 Å². The lowest BCUT2D eigenvalue weighted by atomic mass is 9.94. The minimum atomic E-state index is -0.0458. The van der Waals surface area contributed by atoms with Crippen LogP contribution in [-0.4, -0.2) is 60.4 Å². The first-order valence-electron chi connectivity index (χ1n) is 6.12. The van der Waals surface area contributed by atoms with Crippen molar-refractivity contribution >= 4 is 0 Å². The molecule has 0 radical (unpaired) electrons. The number of likely N-dealkylation sites (N-methyl/N-ethyl adjacent to an activating group) is 1. The van der Waals surface area contributed by atoms with Crippen molar-refractivity contribution in [1.82, 2.24) is 15.3 Å². The molecule has 0 aromatic rings. The molecule has 88 valence electrons. The van der Waals surface area contributed by atoms with Crippen LogP contribution in [-0.2, 0) is 0 Å². The van der Waals surface area contributed by atoms with Gasteiger partial charge in [-0.2, -0.15) is 0 Å². The van der Waals surface area contributed by atoms with E-state index in [4.69, 9.17) is 0 Å². The number of aliphatic hydroxyl groups is 1. The van der Waals surface area contributed by atoms with Crippen LogP contribution in [0.3, 0.4) is 0 Å². The molecule has 2 fully saturated rings. The van der Waals surface area contributed by atoms with Crippen molar-refractivity contribution in [3.05, 3.63) is 0 Å². The summed E-state index contributed by atoms with van der Waals surface area (Å²) in [6.45, 7) is 4.55. The van der Waals surface area contributed by atoms with Gasteiger partial charge in [-0.05, 0) is 32.7 Å². The summed E-state index contributed by atoms with van der Waals surface area (Å²) in [4.78, 5) is 2.36. The molecule has 4 nitrogen and oxygen atoms in total. The van der Waals surface area contributed by atoms with Crippen molar-refractivity contribution in [2.24, 2.45) is 0 Å².